The van der Waals surface area contributed by atoms with Gasteiger partial charge in [0.25, 0.3) is 0 Å². The first-order valence-corrected chi connectivity index (χ1v) is 12.2. The van der Waals surface area contributed by atoms with Gasteiger partial charge in [-0.3, -0.25) is 14.5 Å². The number of nitrogens with zero attached hydrogens (tertiary/aromatic N) is 4. The van der Waals surface area contributed by atoms with Crippen molar-refractivity contribution in [3.63, 3.8) is 0 Å². The number of benzene rings is 1. The number of sulfonamides is 1. The predicted octanol–water partition coefficient (Wildman–Crippen LogP) is 3.36. The number of pyridine rings is 1. The second-order valence-corrected chi connectivity index (χ2v) is 10.3. The molecule has 35 heavy (non-hydrogen) atoms. The highest BCUT2D eigenvalue weighted by molar-refractivity contribution is 7.89. The average Bonchev–Trinajstić information content (AvgIpc) is 3.34. The Morgan fingerprint density at radius 3 is 2.51 bits per heavy atom. The van der Waals surface area contributed by atoms with E-state index in [0.29, 0.717) is 12.4 Å². The van der Waals surface area contributed by atoms with Crippen molar-refractivity contribution in [1.82, 2.24) is 19.1 Å². The Morgan fingerprint density at radius 2 is 1.91 bits per heavy atom. The summed E-state index contributed by atoms with van der Waals surface area (Å²) in [5.74, 6) is -0.978. The molecule has 0 bridgehead atoms. The summed E-state index contributed by atoms with van der Waals surface area (Å²) in [6.45, 7) is 4.10. The molecule has 0 amide bonds. The van der Waals surface area contributed by atoms with Crippen LogP contribution in [-0.2, 0) is 27.4 Å². The summed E-state index contributed by atoms with van der Waals surface area (Å²) >= 11 is 0. The molecule has 2 aromatic heterocycles. The highest BCUT2D eigenvalue weighted by Gasteiger charge is 2.40. The molecule has 0 unspecified atom stereocenters. The van der Waals surface area contributed by atoms with Gasteiger partial charge >= 0.3 is 12.1 Å². The number of fused-ring (bicyclic) bond motifs is 1. The Bertz CT molecular complexity index is 1360. The van der Waals surface area contributed by atoms with Gasteiger partial charge in [-0.2, -0.15) is 22.6 Å². The Labute approximate surface area is 199 Å². The van der Waals surface area contributed by atoms with Crippen molar-refractivity contribution >= 4 is 26.9 Å². The van der Waals surface area contributed by atoms with Crippen molar-refractivity contribution in [2.75, 3.05) is 19.7 Å². The Hall–Kier alpha value is -3.19. The zero-order chi connectivity index (χ0) is 25.5. The smallest absolute Gasteiger partial charge is 0.433 e. The number of rotatable bonds is 7. The van der Waals surface area contributed by atoms with Crippen molar-refractivity contribution in [2.45, 2.75) is 37.4 Å². The highest BCUT2D eigenvalue weighted by Crippen LogP contribution is 2.36. The first-order valence-electron chi connectivity index (χ1n) is 10.8. The third kappa shape index (κ3) is 4.82. The Morgan fingerprint density at radius 1 is 1.23 bits per heavy atom. The largest absolute Gasteiger partial charge is 0.494 e. The molecule has 3 heterocycles. The number of ether oxygens (including phenoxy) is 1. The lowest BCUT2D eigenvalue weighted by atomic mass is 10.1. The van der Waals surface area contributed by atoms with E-state index in [1.807, 2.05) is 6.92 Å². The normalized spacial score (nSPS) is 19.3. The molecule has 1 fully saturated rings. The lowest BCUT2D eigenvalue weighted by molar-refractivity contribution is -0.141. The number of aliphatic carboxylic acids is 1. The molecule has 4 rings (SSSR count). The monoisotopic (exact) mass is 512 g/mol. The zero-order valence-corrected chi connectivity index (χ0v) is 19.7. The van der Waals surface area contributed by atoms with E-state index in [9.17, 15) is 31.5 Å². The number of carboxylic acids is 1. The van der Waals surface area contributed by atoms with E-state index >= 15 is 0 Å². The number of hydrogen-bond donors (Lipinski definition) is 1. The van der Waals surface area contributed by atoms with E-state index in [-0.39, 0.29) is 40.5 Å². The molecule has 0 aliphatic carbocycles. The van der Waals surface area contributed by atoms with Crippen molar-refractivity contribution in [1.29, 1.82) is 0 Å². The summed E-state index contributed by atoms with van der Waals surface area (Å²) in [5, 5.41) is 13.7. The number of alkyl halides is 3. The van der Waals surface area contributed by atoms with Crippen LogP contribution in [0, 0.1) is 5.92 Å². The fourth-order valence-electron chi connectivity index (χ4n) is 4.22. The maximum atomic E-state index is 13.3. The maximum Gasteiger partial charge on any atom is 0.433 e. The fourth-order valence-corrected chi connectivity index (χ4v) is 5.78. The summed E-state index contributed by atoms with van der Waals surface area (Å²) in [6, 6.07) is 6.20. The van der Waals surface area contributed by atoms with Gasteiger partial charge in [-0.05, 0) is 43.2 Å². The van der Waals surface area contributed by atoms with Crippen LogP contribution >= 0.6 is 0 Å². The molecule has 1 aliphatic heterocycles. The summed E-state index contributed by atoms with van der Waals surface area (Å²) < 4.78 is 74.4. The molecule has 1 aliphatic rings. The predicted molar refractivity (Wildman–Crippen MR) is 118 cm³/mol. The topological polar surface area (TPSA) is 115 Å². The van der Waals surface area contributed by atoms with Crippen LogP contribution in [0.25, 0.3) is 10.9 Å². The minimum atomic E-state index is -4.71. The first-order chi connectivity index (χ1) is 16.4. The van der Waals surface area contributed by atoms with E-state index < -0.39 is 40.3 Å². The van der Waals surface area contributed by atoms with Crippen LogP contribution in [0.4, 0.5) is 13.2 Å². The maximum absolute atomic E-state index is 13.3. The third-order valence-corrected chi connectivity index (χ3v) is 7.75. The molecule has 3 aromatic rings. The van der Waals surface area contributed by atoms with Gasteiger partial charge in [-0.1, -0.05) is 6.92 Å². The zero-order valence-electron chi connectivity index (χ0n) is 18.9. The lowest BCUT2D eigenvalue weighted by Crippen LogP contribution is -2.29. The minimum Gasteiger partial charge on any atom is -0.494 e. The number of halogens is 3. The van der Waals surface area contributed by atoms with Crippen LogP contribution in [0.2, 0.25) is 0 Å². The van der Waals surface area contributed by atoms with Gasteiger partial charge in [-0.15, -0.1) is 0 Å². The molecule has 188 valence electrons. The van der Waals surface area contributed by atoms with Crippen LogP contribution in [0.15, 0.2) is 41.4 Å². The molecule has 2 atom stereocenters. The lowest BCUT2D eigenvalue weighted by Gasteiger charge is -2.18. The molecule has 13 heteroatoms. The SMILES string of the molecule is CCOc1ccc(S(=O)(=O)N2C[C@@H](C)[C@@H](n3nc(CC(=O)O)c4cnc(C(F)(F)F)cc43)C2)cc1. The Kier molecular flexibility index (Phi) is 6.49. The molecule has 9 nitrogen and oxygen atoms in total. The number of hydrogen-bond acceptors (Lipinski definition) is 6. The van der Waals surface area contributed by atoms with Crippen LogP contribution in [0.3, 0.4) is 0 Å². The molecule has 0 saturated carbocycles. The molecule has 0 spiro atoms. The van der Waals surface area contributed by atoms with E-state index in [1.54, 1.807) is 19.1 Å². The van der Waals surface area contributed by atoms with E-state index in [2.05, 4.69) is 10.1 Å². The molecular weight excluding hydrogens is 489 g/mol. The molecular formula is C22H23F3N4O5S. The van der Waals surface area contributed by atoms with Gasteiger partial charge in [0.05, 0.1) is 35.2 Å². The van der Waals surface area contributed by atoms with Crippen LogP contribution in [0.1, 0.15) is 31.3 Å². The molecule has 1 saturated heterocycles. The number of aromatic nitrogens is 3. The van der Waals surface area contributed by atoms with Gasteiger partial charge in [0.15, 0.2) is 0 Å². The average molecular weight is 513 g/mol. The number of carbonyl (C=O) groups is 1. The Balaban J connectivity index is 1.71. The van der Waals surface area contributed by atoms with E-state index in [4.69, 9.17) is 4.74 Å². The third-order valence-electron chi connectivity index (χ3n) is 5.90. The number of carboxylic acid groups (broad SMARTS) is 1. The summed E-state index contributed by atoms with van der Waals surface area (Å²) in [4.78, 5) is 14.8. The standard InChI is InChI=1S/C22H23F3N4O5S/c1-3-34-14-4-6-15(7-5-14)35(32,33)28-11-13(2)19(12-28)29-18-9-20(22(23,24)25)26-10-16(18)17(27-29)8-21(30)31/h4-7,9-10,13,19H,3,8,11-12H2,1-2H3,(H,30,31)/t13-,19+/m1/s1. The van der Waals surface area contributed by atoms with Crippen LogP contribution < -0.4 is 4.74 Å². The summed E-state index contributed by atoms with van der Waals surface area (Å²) in [5.41, 5.74) is -1.02. The van der Waals surface area contributed by atoms with Crippen molar-refractivity contribution in [2.24, 2.45) is 5.92 Å². The van der Waals surface area contributed by atoms with Crippen molar-refractivity contribution in [3.05, 3.63) is 47.9 Å². The van der Waals surface area contributed by atoms with Crippen molar-refractivity contribution in [3.8, 4) is 5.75 Å². The first kappa shape index (κ1) is 24.9. The van der Waals surface area contributed by atoms with Gasteiger partial charge in [0.1, 0.15) is 11.4 Å². The van der Waals surface area contributed by atoms with Crippen LogP contribution in [0.5, 0.6) is 5.75 Å². The van der Waals surface area contributed by atoms with Crippen LogP contribution in [-0.4, -0.2) is 58.3 Å². The quantitative estimate of drug-likeness (QED) is 0.516. The summed E-state index contributed by atoms with van der Waals surface area (Å²) in [7, 11) is -3.89. The van der Waals surface area contributed by atoms with Gasteiger partial charge in [0, 0.05) is 24.7 Å². The van der Waals surface area contributed by atoms with Gasteiger partial charge < -0.3 is 9.84 Å². The highest BCUT2D eigenvalue weighted by atomic mass is 32.2. The van der Waals surface area contributed by atoms with E-state index in [0.717, 1.165) is 12.3 Å². The molecule has 1 N–H and O–H groups in total. The molecule has 1 aromatic carbocycles. The fraction of sp³-hybridized carbons (Fsp3) is 0.409. The minimum absolute atomic E-state index is 0.0380. The van der Waals surface area contributed by atoms with Crippen molar-refractivity contribution < 1.29 is 36.2 Å². The van der Waals surface area contributed by atoms with E-state index in [1.165, 1.54) is 21.1 Å². The second-order valence-electron chi connectivity index (χ2n) is 8.32. The molecule has 0 radical (unpaired) electrons. The second kappa shape index (κ2) is 9.11. The summed E-state index contributed by atoms with van der Waals surface area (Å²) in [6.07, 6.45) is -4.25. The van der Waals surface area contributed by atoms with Gasteiger partial charge in [-0.25, -0.2) is 8.42 Å². The van der Waals surface area contributed by atoms with Gasteiger partial charge in [0.2, 0.25) is 10.0 Å².